The van der Waals surface area contributed by atoms with Gasteiger partial charge in [0.25, 0.3) is 11.5 Å². The number of methoxy groups -OCH3 is 2. The van der Waals surface area contributed by atoms with E-state index < -0.39 is 0 Å². The van der Waals surface area contributed by atoms with E-state index in [1.807, 2.05) is 32.0 Å². The second kappa shape index (κ2) is 7.84. The van der Waals surface area contributed by atoms with Crippen LogP contribution in [0.3, 0.4) is 0 Å². The molecule has 0 atom stereocenters. The minimum absolute atomic E-state index is 0.129. The van der Waals surface area contributed by atoms with E-state index in [1.165, 1.54) is 11.3 Å². The van der Waals surface area contributed by atoms with Gasteiger partial charge in [-0.3, -0.25) is 9.59 Å². The Bertz CT molecular complexity index is 1050. The Labute approximate surface area is 161 Å². The molecule has 6 nitrogen and oxygen atoms in total. The first-order valence-electron chi connectivity index (χ1n) is 8.61. The van der Waals surface area contributed by atoms with Gasteiger partial charge in [-0.15, -0.1) is 11.3 Å². The smallest absolute Gasteiger partial charge is 0.260 e. The number of hydrogen-bond donors (Lipinski definition) is 1. The molecule has 142 valence electrons. The highest BCUT2D eigenvalue weighted by atomic mass is 32.1. The van der Waals surface area contributed by atoms with E-state index in [1.54, 1.807) is 31.0 Å². The molecular weight excluding hydrogens is 364 g/mol. The van der Waals surface area contributed by atoms with Crippen molar-refractivity contribution in [1.82, 2.24) is 9.88 Å². The van der Waals surface area contributed by atoms with Crippen LogP contribution >= 0.6 is 11.3 Å². The Balaban J connectivity index is 1.89. The number of ether oxygens (including phenoxy) is 2. The Morgan fingerprint density at radius 2 is 1.93 bits per heavy atom. The van der Waals surface area contributed by atoms with Crippen LogP contribution in [0.2, 0.25) is 0 Å². The molecule has 0 fully saturated rings. The van der Waals surface area contributed by atoms with Crippen LogP contribution in [0.15, 0.2) is 35.3 Å². The van der Waals surface area contributed by atoms with Gasteiger partial charge in [-0.2, -0.15) is 0 Å². The molecule has 3 rings (SSSR count). The Morgan fingerprint density at radius 3 is 2.59 bits per heavy atom. The van der Waals surface area contributed by atoms with Crippen molar-refractivity contribution in [3.8, 4) is 11.5 Å². The number of rotatable bonds is 6. The maximum atomic E-state index is 12.8. The number of amides is 1. The summed E-state index contributed by atoms with van der Waals surface area (Å²) in [6, 6.07) is 7.38. The fourth-order valence-corrected chi connectivity index (χ4v) is 4.10. The molecule has 3 aromatic rings. The maximum Gasteiger partial charge on any atom is 0.260 e. The summed E-state index contributed by atoms with van der Waals surface area (Å²) in [5, 5.41) is 3.40. The summed E-state index contributed by atoms with van der Waals surface area (Å²) < 4.78 is 13.0. The van der Waals surface area contributed by atoms with Crippen molar-refractivity contribution < 1.29 is 14.3 Å². The second-order valence-corrected chi connectivity index (χ2v) is 7.31. The van der Waals surface area contributed by atoms with Gasteiger partial charge >= 0.3 is 0 Å². The summed E-state index contributed by atoms with van der Waals surface area (Å²) in [5.41, 5.74) is 1.21. The van der Waals surface area contributed by atoms with Crippen LogP contribution in [0.5, 0.6) is 11.5 Å². The van der Waals surface area contributed by atoms with Crippen molar-refractivity contribution in [3.63, 3.8) is 0 Å². The van der Waals surface area contributed by atoms with Crippen molar-refractivity contribution in [3.05, 3.63) is 56.8 Å². The lowest BCUT2D eigenvalue weighted by atomic mass is 10.1. The standard InChI is InChI=1S/C20H22N2O4S/c1-5-22-9-8-16-18(20(22)24)17(12(2)27-16)19(23)21-11-13-6-7-14(25-3)15(10-13)26-4/h6-10H,5,11H2,1-4H3,(H,21,23). The lowest BCUT2D eigenvalue weighted by molar-refractivity contribution is 0.0952. The molecule has 27 heavy (non-hydrogen) atoms. The Kier molecular flexibility index (Phi) is 5.51. The van der Waals surface area contributed by atoms with Crippen LogP contribution in [0, 0.1) is 6.92 Å². The lowest BCUT2D eigenvalue weighted by Crippen LogP contribution is -2.26. The number of pyridine rings is 1. The molecule has 0 aliphatic heterocycles. The number of benzene rings is 1. The first-order valence-corrected chi connectivity index (χ1v) is 9.43. The third kappa shape index (κ3) is 3.55. The molecule has 0 unspecified atom stereocenters. The summed E-state index contributed by atoms with van der Waals surface area (Å²) in [6.45, 7) is 4.66. The number of nitrogens with zero attached hydrogens (tertiary/aromatic N) is 1. The molecular formula is C20H22N2O4S. The molecule has 0 spiro atoms. The minimum atomic E-state index is -0.250. The number of hydrogen-bond acceptors (Lipinski definition) is 5. The molecule has 1 aromatic carbocycles. The molecule has 0 bridgehead atoms. The van der Waals surface area contributed by atoms with E-state index in [9.17, 15) is 9.59 Å². The van der Waals surface area contributed by atoms with Gasteiger partial charge in [-0.1, -0.05) is 6.07 Å². The van der Waals surface area contributed by atoms with Crippen LogP contribution < -0.4 is 20.3 Å². The summed E-state index contributed by atoms with van der Waals surface area (Å²) in [5.74, 6) is 0.985. The van der Waals surface area contributed by atoms with E-state index in [0.29, 0.717) is 35.5 Å². The first kappa shape index (κ1) is 19.0. The molecule has 1 N–H and O–H groups in total. The lowest BCUT2D eigenvalue weighted by Gasteiger charge is -2.10. The summed E-state index contributed by atoms with van der Waals surface area (Å²) >= 11 is 1.46. The third-order valence-electron chi connectivity index (χ3n) is 4.46. The molecule has 0 radical (unpaired) electrons. The second-order valence-electron chi connectivity index (χ2n) is 6.05. The summed E-state index contributed by atoms with van der Waals surface area (Å²) in [6.07, 6.45) is 1.77. The monoisotopic (exact) mass is 386 g/mol. The van der Waals surface area contributed by atoms with Gasteiger partial charge in [-0.25, -0.2) is 0 Å². The number of carbonyl (C=O) groups excluding carboxylic acids is 1. The van der Waals surface area contributed by atoms with Crippen LogP contribution in [0.1, 0.15) is 27.7 Å². The zero-order valence-corrected chi connectivity index (χ0v) is 16.6. The topological polar surface area (TPSA) is 69.6 Å². The summed E-state index contributed by atoms with van der Waals surface area (Å²) in [4.78, 5) is 26.4. The highest BCUT2D eigenvalue weighted by Gasteiger charge is 2.20. The van der Waals surface area contributed by atoms with Gasteiger partial charge in [0.2, 0.25) is 0 Å². The Hall–Kier alpha value is -2.80. The molecule has 0 saturated carbocycles. The van der Waals surface area contributed by atoms with Crippen molar-refractivity contribution in [2.45, 2.75) is 26.9 Å². The predicted molar refractivity (Wildman–Crippen MR) is 107 cm³/mol. The minimum Gasteiger partial charge on any atom is -0.493 e. The van der Waals surface area contributed by atoms with Gasteiger partial charge in [0.05, 0.1) is 25.2 Å². The van der Waals surface area contributed by atoms with E-state index in [0.717, 1.165) is 15.1 Å². The zero-order valence-electron chi connectivity index (χ0n) is 15.8. The van der Waals surface area contributed by atoms with Gasteiger partial charge in [0, 0.05) is 28.9 Å². The van der Waals surface area contributed by atoms with Gasteiger partial charge in [-0.05, 0) is 37.6 Å². The van der Waals surface area contributed by atoms with Crippen molar-refractivity contribution in [1.29, 1.82) is 0 Å². The number of thiophene rings is 1. The number of aromatic nitrogens is 1. The van der Waals surface area contributed by atoms with Crippen LogP contribution in [-0.2, 0) is 13.1 Å². The highest BCUT2D eigenvalue weighted by Crippen LogP contribution is 2.29. The first-order chi connectivity index (χ1) is 13.0. The van der Waals surface area contributed by atoms with Gasteiger partial charge in [0.1, 0.15) is 0 Å². The Morgan fingerprint density at radius 1 is 1.19 bits per heavy atom. The van der Waals surface area contributed by atoms with Gasteiger partial charge in [0.15, 0.2) is 11.5 Å². The largest absolute Gasteiger partial charge is 0.493 e. The van der Waals surface area contributed by atoms with Crippen LogP contribution in [0.25, 0.3) is 10.1 Å². The number of aryl methyl sites for hydroxylation is 2. The summed E-state index contributed by atoms with van der Waals surface area (Å²) in [7, 11) is 3.15. The number of fused-ring (bicyclic) bond motifs is 1. The fraction of sp³-hybridized carbons (Fsp3) is 0.300. The van der Waals surface area contributed by atoms with E-state index >= 15 is 0 Å². The van der Waals surface area contributed by atoms with Crippen molar-refractivity contribution in [2.24, 2.45) is 0 Å². The van der Waals surface area contributed by atoms with E-state index in [-0.39, 0.29) is 11.5 Å². The third-order valence-corrected chi connectivity index (χ3v) is 5.53. The normalized spacial score (nSPS) is 10.8. The maximum absolute atomic E-state index is 12.8. The quantitative estimate of drug-likeness (QED) is 0.705. The van der Waals surface area contributed by atoms with Crippen molar-refractivity contribution in [2.75, 3.05) is 14.2 Å². The zero-order chi connectivity index (χ0) is 19.6. The van der Waals surface area contributed by atoms with Gasteiger partial charge < -0.3 is 19.4 Å². The molecule has 0 aliphatic rings. The van der Waals surface area contributed by atoms with E-state index in [4.69, 9.17) is 9.47 Å². The molecule has 2 aromatic heterocycles. The van der Waals surface area contributed by atoms with Crippen LogP contribution in [0.4, 0.5) is 0 Å². The average Bonchev–Trinajstić information content (AvgIpc) is 3.03. The molecule has 0 aliphatic carbocycles. The molecule has 1 amide bonds. The van der Waals surface area contributed by atoms with E-state index in [2.05, 4.69) is 5.32 Å². The fourth-order valence-electron chi connectivity index (χ4n) is 3.05. The molecule has 0 saturated heterocycles. The number of nitrogens with one attached hydrogen (secondary N) is 1. The molecule has 7 heteroatoms. The van der Waals surface area contributed by atoms with Crippen LogP contribution in [-0.4, -0.2) is 24.7 Å². The predicted octanol–water partition coefficient (Wildman–Crippen LogP) is 3.34. The average molecular weight is 386 g/mol. The van der Waals surface area contributed by atoms with Crippen molar-refractivity contribution >= 4 is 27.3 Å². The SMILES string of the molecule is CCn1ccc2sc(C)c(C(=O)NCc3ccc(OC)c(OC)c3)c2c1=O. The highest BCUT2D eigenvalue weighted by molar-refractivity contribution is 7.19. The number of carbonyl (C=O) groups is 1. The molecule has 2 heterocycles.